The summed E-state index contributed by atoms with van der Waals surface area (Å²) in [6.07, 6.45) is 0.520. The first-order valence-corrected chi connectivity index (χ1v) is 11.4. The van der Waals surface area contributed by atoms with Crippen LogP contribution in [0.4, 0.5) is 0 Å². The highest BCUT2D eigenvalue weighted by Crippen LogP contribution is 2.29. The molecule has 0 aliphatic heterocycles. The average Bonchev–Trinajstić information content (AvgIpc) is 2.81. The van der Waals surface area contributed by atoms with Crippen molar-refractivity contribution < 1.29 is 19.7 Å². The lowest BCUT2D eigenvalue weighted by Gasteiger charge is -2.20. The zero-order valence-corrected chi connectivity index (χ0v) is 19.6. The molecule has 0 spiro atoms. The summed E-state index contributed by atoms with van der Waals surface area (Å²) >= 11 is 0. The van der Waals surface area contributed by atoms with Gasteiger partial charge in [0.25, 0.3) is 0 Å². The molecule has 0 aliphatic rings. The number of benzene rings is 3. The topological polar surface area (TPSA) is 82.0 Å². The number of hydrogen-bond donors (Lipinski definition) is 3. The van der Waals surface area contributed by atoms with Gasteiger partial charge in [0.05, 0.1) is 12.7 Å². The van der Waals surface area contributed by atoms with E-state index in [1.54, 1.807) is 24.3 Å². The summed E-state index contributed by atoms with van der Waals surface area (Å²) in [6.45, 7) is 3.91. The number of carbonyl (C=O) groups excluding carboxylic acids is 1. The van der Waals surface area contributed by atoms with E-state index in [9.17, 15) is 15.0 Å². The molecule has 3 aromatic carbocycles. The first kappa shape index (κ1) is 24.7. The van der Waals surface area contributed by atoms with Crippen LogP contribution in [-0.4, -0.2) is 60.7 Å². The van der Waals surface area contributed by atoms with Crippen molar-refractivity contribution in [3.05, 3.63) is 71.8 Å². The molecule has 0 aliphatic carbocycles. The van der Waals surface area contributed by atoms with Crippen LogP contribution in [0.25, 0.3) is 10.8 Å². The van der Waals surface area contributed by atoms with E-state index in [4.69, 9.17) is 4.74 Å². The number of rotatable bonds is 12. The number of aliphatic hydroxyl groups excluding tert-OH is 1. The number of nitrogens with zero attached hydrogens (tertiary/aromatic N) is 1. The van der Waals surface area contributed by atoms with E-state index < -0.39 is 6.10 Å². The molecule has 0 amide bonds. The second-order valence-corrected chi connectivity index (χ2v) is 8.61. The van der Waals surface area contributed by atoms with E-state index >= 15 is 0 Å². The monoisotopic (exact) mass is 450 g/mol. The molecule has 3 rings (SSSR count). The standard InChI is InChI=1S/C27H34N2O4/c1-19(27(32)20-9-11-21(30)12-10-20)28-16-15-25(31)23-13-14-26(33-18-6-17-29(2)3)24-8-5-4-7-22(23)24/h4-5,7-14,19,27-28,30,32H,6,15-18H2,1-3H3. The zero-order valence-electron chi connectivity index (χ0n) is 19.6. The highest BCUT2D eigenvalue weighted by atomic mass is 16.5. The molecule has 176 valence electrons. The number of Topliss-reactive ketones (excluding diaryl/α,β-unsaturated/α-hetero) is 1. The molecule has 0 saturated carbocycles. The number of ether oxygens (including phenoxy) is 1. The Hall–Kier alpha value is -2.93. The van der Waals surface area contributed by atoms with E-state index in [0.29, 0.717) is 30.7 Å². The summed E-state index contributed by atoms with van der Waals surface area (Å²) in [5.41, 5.74) is 1.39. The normalized spacial score (nSPS) is 13.2. The largest absolute Gasteiger partial charge is 0.508 e. The molecule has 0 saturated heterocycles. The van der Waals surface area contributed by atoms with Crippen molar-refractivity contribution in [1.82, 2.24) is 10.2 Å². The van der Waals surface area contributed by atoms with Crippen molar-refractivity contribution in [2.75, 3.05) is 33.8 Å². The lowest BCUT2D eigenvalue weighted by atomic mass is 9.98. The molecular formula is C27H34N2O4. The van der Waals surface area contributed by atoms with Gasteiger partial charge in [-0.25, -0.2) is 0 Å². The lowest BCUT2D eigenvalue weighted by molar-refractivity contribution is 0.0973. The van der Waals surface area contributed by atoms with Gasteiger partial charge in [-0.05, 0) is 62.7 Å². The van der Waals surface area contributed by atoms with Gasteiger partial charge in [0.15, 0.2) is 5.78 Å². The molecule has 3 aromatic rings. The van der Waals surface area contributed by atoms with E-state index in [1.807, 2.05) is 57.4 Å². The third kappa shape index (κ3) is 6.78. The van der Waals surface area contributed by atoms with E-state index in [0.717, 1.165) is 29.5 Å². The van der Waals surface area contributed by atoms with Gasteiger partial charge < -0.3 is 25.2 Å². The highest BCUT2D eigenvalue weighted by Gasteiger charge is 2.17. The zero-order chi connectivity index (χ0) is 23.8. The summed E-state index contributed by atoms with van der Waals surface area (Å²) in [5, 5.41) is 25.0. The number of aliphatic hydroxyl groups is 1. The van der Waals surface area contributed by atoms with E-state index in [2.05, 4.69) is 10.2 Å². The number of fused-ring (bicyclic) bond motifs is 1. The van der Waals surface area contributed by atoms with Crippen LogP contribution in [0.5, 0.6) is 11.5 Å². The van der Waals surface area contributed by atoms with Crippen LogP contribution in [0.3, 0.4) is 0 Å². The summed E-state index contributed by atoms with van der Waals surface area (Å²) < 4.78 is 6.00. The molecule has 3 N–H and O–H groups in total. The van der Waals surface area contributed by atoms with Crippen molar-refractivity contribution in [3.8, 4) is 11.5 Å². The van der Waals surface area contributed by atoms with Crippen LogP contribution in [-0.2, 0) is 0 Å². The van der Waals surface area contributed by atoms with E-state index in [1.165, 1.54) is 0 Å². The third-order valence-corrected chi connectivity index (χ3v) is 5.72. The van der Waals surface area contributed by atoms with Gasteiger partial charge in [0.2, 0.25) is 0 Å². The Morgan fingerprint density at radius 3 is 2.42 bits per heavy atom. The quantitative estimate of drug-likeness (QED) is 0.284. The second kappa shape index (κ2) is 11.8. The number of nitrogens with one attached hydrogen (secondary N) is 1. The van der Waals surface area contributed by atoms with Crippen LogP contribution in [0.1, 0.15) is 41.8 Å². The highest BCUT2D eigenvalue weighted by molar-refractivity contribution is 6.09. The Morgan fingerprint density at radius 2 is 1.73 bits per heavy atom. The van der Waals surface area contributed by atoms with Gasteiger partial charge in [-0.2, -0.15) is 0 Å². The summed E-state index contributed by atoms with van der Waals surface area (Å²) in [5.74, 6) is 1.00. The van der Waals surface area contributed by atoms with Crippen LogP contribution >= 0.6 is 0 Å². The molecule has 2 atom stereocenters. The van der Waals surface area contributed by atoms with Gasteiger partial charge in [0, 0.05) is 36.5 Å². The molecule has 6 nitrogen and oxygen atoms in total. The fraction of sp³-hybridized carbons (Fsp3) is 0.370. The molecule has 2 unspecified atom stereocenters. The van der Waals surface area contributed by atoms with Crippen molar-refractivity contribution >= 4 is 16.6 Å². The summed E-state index contributed by atoms with van der Waals surface area (Å²) in [4.78, 5) is 15.1. The smallest absolute Gasteiger partial charge is 0.164 e. The maximum atomic E-state index is 13.0. The second-order valence-electron chi connectivity index (χ2n) is 8.61. The maximum absolute atomic E-state index is 13.0. The molecule has 0 radical (unpaired) electrons. The van der Waals surface area contributed by atoms with Gasteiger partial charge in [-0.1, -0.05) is 36.4 Å². The predicted octanol–water partition coefficient (Wildman–Crippen LogP) is 4.16. The number of aromatic hydroxyl groups is 1. The fourth-order valence-electron chi connectivity index (χ4n) is 3.82. The number of ketones is 1. The minimum atomic E-state index is -0.731. The number of phenolic OH excluding ortho intramolecular Hbond substituents is 1. The van der Waals surface area contributed by atoms with Crippen molar-refractivity contribution in [3.63, 3.8) is 0 Å². The molecule has 0 heterocycles. The Morgan fingerprint density at radius 1 is 1.03 bits per heavy atom. The first-order chi connectivity index (χ1) is 15.9. The summed E-state index contributed by atoms with van der Waals surface area (Å²) in [7, 11) is 4.08. The van der Waals surface area contributed by atoms with Gasteiger partial charge >= 0.3 is 0 Å². The average molecular weight is 451 g/mol. The first-order valence-electron chi connectivity index (χ1n) is 11.4. The van der Waals surface area contributed by atoms with Crippen molar-refractivity contribution in [2.24, 2.45) is 0 Å². The van der Waals surface area contributed by atoms with Crippen LogP contribution in [0.15, 0.2) is 60.7 Å². The number of carbonyl (C=O) groups is 1. The van der Waals surface area contributed by atoms with Crippen LogP contribution in [0.2, 0.25) is 0 Å². The van der Waals surface area contributed by atoms with Crippen molar-refractivity contribution in [2.45, 2.75) is 31.9 Å². The third-order valence-electron chi connectivity index (χ3n) is 5.72. The molecule has 6 heteroatoms. The van der Waals surface area contributed by atoms with E-state index in [-0.39, 0.29) is 17.6 Å². The molecule has 33 heavy (non-hydrogen) atoms. The van der Waals surface area contributed by atoms with Gasteiger partial charge in [0.1, 0.15) is 11.5 Å². The predicted molar refractivity (Wildman–Crippen MR) is 132 cm³/mol. The minimum absolute atomic E-state index is 0.0455. The lowest BCUT2D eigenvalue weighted by Crippen LogP contribution is -2.33. The molecular weight excluding hydrogens is 416 g/mol. The number of hydrogen-bond acceptors (Lipinski definition) is 6. The Balaban J connectivity index is 1.60. The number of phenols is 1. The Bertz CT molecular complexity index is 1050. The van der Waals surface area contributed by atoms with Gasteiger partial charge in [-0.15, -0.1) is 0 Å². The molecule has 0 aromatic heterocycles. The summed E-state index contributed by atoms with van der Waals surface area (Å²) in [6, 6.07) is 17.8. The van der Waals surface area contributed by atoms with Gasteiger partial charge in [-0.3, -0.25) is 4.79 Å². The Labute approximate surface area is 195 Å². The maximum Gasteiger partial charge on any atom is 0.164 e. The fourth-order valence-corrected chi connectivity index (χ4v) is 3.82. The Kier molecular flexibility index (Phi) is 8.83. The van der Waals surface area contributed by atoms with Crippen LogP contribution < -0.4 is 10.1 Å². The van der Waals surface area contributed by atoms with Crippen molar-refractivity contribution in [1.29, 1.82) is 0 Å². The molecule has 0 fully saturated rings. The SMILES string of the molecule is CC(NCCC(=O)c1ccc(OCCCN(C)C)c2ccccc12)C(O)c1ccc(O)cc1. The van der Waals surface area contributed by atoms with Crippen LogP contribution in [0, 0.1) is 0 Å². The molecule has 0 bridgehead atoms. The minimum Gasteiger partial charge on any atom is -0.508 e.